The van der Waals surface area contributed by atoms with Crippen LogP contribution in [0.25, 0.3) is 11.5 Å². The van der Waals surface area contributed by atoms with Crippen LogP contribution in [0.3, 0.4) is 0 Å². The van der Waals surface area contributed by atoms with E-state index in [-0.39, 0.29) is 6.04 Å². The summed E-state index contributed by atoms with van der Waals surface area (Å²) in [6.45, 7) is 2.83. The highest BCUT2D eigenvalue weighted by atomic mass is 32.1. The van der Waals surface area contributed by atoms with Crippen molar-refractivity contribution < 1.29 is 4.74 Å². The summed E-state index contributed by atoms with van der Waals surface area (Å²) < 4.78 is 7.19. The Labute approximate surface area is 115 Å². The Morgan fingerprint density at radius 3 is 3.00 bits per heavy atom. The molecule has 1 aliphatic rings. The Balaban J connectivity index is 2.09. The number of hydrogen-bond acceptors (Lipinski definition) is 5. The molecule has 0 saturated heterocycles. The molecule has 1 aliphatic heterocycles. The van der Waals surface area contributed by atoms with Gasteiger partial charge in [0.05, 0.1) is 7.11 Å². The van der Waals surface area contributed by atoms with Crippen LogP contribution in [-0.4, -0.2) is 37.9 Å². The van der Waals surface area contributed by atoms with Crippen molar-refractivity contribution in [1.29, 1.82) is 0 Å². The van der Waals surface area contributed by atoms with Gasteiger partial charge in [-0.25, -0.2) is 0 Å². The van der Waals surface area contributed by atoms with Crippen molar-refractivity contribution in [2.24, 2.45) is 0 Å². The van der Waals surface area contributed by atoms with Gasteiger partial charge in [-0.1, -0.05) is 12.2 Å². The topological polar surface area (TPSA) is 64.9 Å². The monoisotopic (exact) mass is 275 g/mol. The van der Waals surface area contributed by atoms with Crippen LogP contribution in [0.4, 0.5) is 0 Å². The molecule has 2 aromatic rings. The minimum absolute atomic E-state index is 0.250. The molecule has 0 radical (unpaired) electrons. The van der Waals surface area contributed by atoms with Crippen molar-refractivity contribution in [3.05, 3.63) is 24.2 Å². The molecule has 0 spiro atoms. The molecule has 0 amide bonds. The number of rotatable bonds is 2. The first-order chi connectivity index (χ1) is 9.19. The molecule has 0 aromatic carbocycles. The number of aromatic nitrogens is 4. The van der Waals surface area contributed by atoms with E-state index in [0.717, 1.165) is 18.0 Å². The van der Waals surface area contributed by atoms with Gasteiger partial charge >= 0.3 is 0 Å². The first-order valence-electron chi connectivity index (χ1n) is 5.93. The highest BCUT2D eigenvalue weighted by Gasteiger charge is 2.24. The van der Waals surface area contributed by atoms with Crippen LogP contribution in [0.1, 0.15) is 12.7 Å². The molecule has 6 nitrogen and oxygen atoms in total. The number of ether oxygens (including phenoxy) is 1. The van der Waals surface area contributed by atoms with Crippen LogP contribution in [0.15, 0.2) is 18.3 Å². The smallest absolute Gasteiger partial charge is 0.191 e. The van der Waals surface area contributed by atoms with Gasteiger partial charge in [0, 0.05) is 24.8 Å². The van der Waals surface area contributed by atoms with E-state index < -0.39 is 0 Å². The van der Waals surface area contributed by atoms with Gasteiger partial charge in [-0.15, -0.1) is 10.2 Å². The maximum atomic E-state index is 5.27. The normalized spacial score (nSPS) is 17.8. The van der Waals surface area contributed by atoms with Crippen molar-refractivity contribution in [3.63, 3.8) is 0 Å². The first kappa shape index (κ1) is 12.0. The number of thiocarbonyl (C=S) groups is 1. The lowest BCUT2D eigenvalue weighted by molar-refractivity contribution is 0.414. The summed E-state index contributed by atoms with van der Waals surface area (Å²) in [5.41, 5.74) is 0.731. The fourth-order valence-electron chi connectivity index (χ4n) is 2.10. The minimum Gasteiger partial charge on any atom is -0.497 e. The number of hydrogen-bond donors (Lipinski definition) is 1. The van der Waals surface area contributed by atoms with Gasteiger partial charge in [0.15, 0.2) is 11.6 Å². The third kappa shape index (κ3) is 2.06. The van der Waals surface area contributed by atoms with Crippen LogP contribution in [0, 0.1) is 0 Å². The Morgan fingerprint density at radius 2 is 2.21 bits per heavy atom. The Morgan fingerprint density at radius 1 is 1.42 bits per heavy atom. The predicted molar refractivity (Wildman–Crippen MR) is 74.1 cm³/mol. The van der Waals surface area contributed by atoms with Gasteiger partial charge in [0.25, 0.3) is 0 Å². The first-order valence-corrected chi connectivity index (χ1v) is 6.34. The van der Waals surface area contributed by atoms with Crippen LogP contribution in [0.2, 0.25) is 0 Å². The van der Waals surface area contributed by atoms with E-state index in [9.17, 15) is 0 Å². The number of nitrogens with zero attached hydrogens (tertiary/aromatic N) is 4. The van der Waals surface area contributed by atoms with Gasteiger partial charge in [-0.2, -0.15) is 0 Å². The number of pyridine rings is 1. The second-order valence-corrected chi connectivity index (χ2v) is 4.82. The summed E-state index contributed by atoms with van der Waals surface area (Å²) >= 11 is 5.27. The Kier molecular flexibility index (Phi) is 2.90. The molecule has 1 atom stereocenters. The summed E-state index contributed by atoms with van der Waals surface area (Å²) in [6.07, 6.45) is 1.69. The molecule has 19 heavy (non-hydrogen) atoms. The number of methoxy groups -OCH3 is 1. The summed E-state index contributed by atoms with van der Waals surface area (Å²) in [5, 5.41) is 11.5. The number of nitrogens with one attached hydrogen (secondary N) is 1. The fraction of sp³-hybridized carbons (Fsp3) is 0.333. The van der Waals surface area contributed by atoms with Crippen molar-refractivity contribution in [3.8, 4) is 17.3 Å². The SMILES string of the molecule is COc1ccnc(-c2nnc3n2CC(C)NC3=S)c1. The zero-order valence-electron chi connectivity index (χ0n) is 10.6. The lowest BCUT2D eigenvalue weighted by atomic mass is 10.2. The number of fused-ring (bicyclic) bond motifs is 1. The second-order valence-electron chi connectivity index (χ2n) is 4.41. The van der Waals surface area contributed by atoms with Gasteiger partial charge in [-0.05, 0) is 13.0 Å². The van der Waals surface area contributed by atoms with Crippen molar-refractivity contribution >= 4 is 17.2 Å². The van der Waals surface area contributed by atoms with E-state index in [1.807, 2.05) is 10.6 Å². The molecule has 2 aromatic heterocycles. The summed E-state index contributed by atoms with van der Waals surface area (Å²) in [6, 6.07) is 3.89. The third-order valence-electron chi connectivity index (χ3n) is 2.98. The van der Waals surface area contributed by atoms with E-state index in [0.29, 0.717) is 16.6 Å². The molecular weight excluding hydrogens is 262 g/mol. The molecule has 3 rings (SSSR count). The molecule has 0 bridgehead atoms. The average molecular weight is 275 g/mol. The molecular formula is C12H13N5OS. The molecule has 3 heterocycles. The van der Waals surface area contributed by atoms with E-state index in [1.54, 1.807) is 19.4 Å². The lowest BCUT2D eigenvalue weighted by Crippen LogP contribution is -2.42. The largest absolute Gasteiger partial charge is 0.497 e. The van der Waals surface area contributed by atoms with Gasteiger partial charge < -0.3 is 14.6 Å². The highest BCUT2D eigenvalue weighted by Crippen LogP contribution is 2.22. The summed E-state index contributed by atoms with van der Waals surface area (Å²) in [4.78, 5) is 4.95. The lowest BCUT2D eigenvalue weighted by Gasteiger charge is -2.23. The highest BCUT2D eigenvalue weighted by molar-refractivity contribution is 7.80. The van der Waals surface area contributed by atoms with Gasteiger partial charge in [0.2, 0.25) is 0 Å². The zero-order chi connectivity index (χ0) is 13.4. The minimum atomic E-state index is 0.250. The van der Waals surface area contributed by atoms with Crippen molar-refractivity contribution in [2.45, 2.75) is 19.5 Å². The van der Waals surface area contributed by atoms with E-state index in [4.69, 9.17) is 17.0 Å². The van der Waals surface area contributed by atoms with Crippen molar-refractivity contribution in [1.82, 2.24) is 25.1 Å². The molecule has 0 saturated carbocycles. The van der Waals surface area contributed by atoms with Crippen LogP contribution >= 0.6 is 12.2 Å². The summed E-state index contributed by atoms with van der Waals surface area (Å²) in [5.74, 6) is 2.14. The van der Waals surface area contributed by atoms with E-state index >= 15 is 0 Å². The van der Waals surface area contributed by atoms with E-state index in [2.05, 4.69) is 27.4 Å². The molecule has 98 valence electrons. The molecule has 0 fully saturated rings. The predicted octanol–water partition coefficient (Wildman–Crippen LogP) is 1.02. The molecule has 1 N–H and O–H groups in total. The standard InChI is InChI=1S/C12H13N5OS/c1-7-6-17-10(15-16-11(17)12(19)14-7)9-5-8(18-2)3-4-13-9/h3-5,7H,6H2,1-2H3,(H,14,19). The maximum Gasteiger partial charge on any atom is 0.191 e. The van der Waals surface area contributed by atoms with Crippen LogP contribution < -0.4 is 10.1 Å². The quantitative estimate of drug-likeness (QED) is 0.825. The molecule has 7 heteroatoms. The maximum absolute atomic E-state index is 5.27. The van der Waals surface area contributed by atoms with Crippen LogP contribution in [-0.2, 0) is 6.54 Å². The fourth-order valence-corrected chi connectivity index (χ4v) is 2.45. The zero-order valence-corrected chi connectivity index (χ0v) is 11.4. The second kappa shape index (κ2) is 4.58. The van der Waals surface area contributed by atoms with Gasteiger partial charge in [0.1, 0.15) is 16.4 Å². The Hall–Kier alpha value is -2.02. The molecule has 1 unspecified atom stereocenters. The van der Waals surface area contributed by atoms with Crippen molar-refractivity contribution in [2.75, 3.05) is 7.11 Å². The summed E-state index contributed by atoms with van der Waals surface area (Å²) in [7, 11) is 1.62. The average Bonchev–Trinajstić information content (AvgIpc) is 2.82. The van der Waals surface area contributed by atoms with Crippen LogP contribution in [0.5, 0.6) is 5.75 Å². The molecule has 0 aliphatic carbocycles. The Bertz CT molecular complexity index is 639. The van der Waals surface area contributed by atoms with E-state index in [1.165, 1.54) is 0 Å². The third-order valence-corrected chi connectivity index (χ3v) is 3.28. The van der Waals surface area contributed by atoms with Gasteiger partial charge in [-0.3, -0.25) is 4.98 Å².